The van der Waals surface area contributed by atoms with Gasteiger partial charge in [-0.1, -0.05) is 51.4 Å². The van der Waals surface area contributed by atoms with Crippen LogP contribution in [0.3, 0.4) is 0 Å². The fraction of sp³-hybridized carbons (Fsp3) is 0.235. The zero-order chi connectivity index (χ0) is 18.1. The van der Waals surface area contributed by atoms with Crippen molar-refractivity contribution in [3.63, 3.8) is 0 Å². The van der Waals surface area contributed by atoms with Crippen LogP contribution in [0.5, 0.6) is 5.75 Å². The molecule has 2 aromatic carbocycles. The van der Waals surface area contributed by atoms with E-state index in [-0.39, 0.29) is 17.8 Å². The van der Waals surface area contributed by atoms with Crippen molar-refractivity contribution in [3.05, 3.63) is 64.1 Å². The molecule has 0 bridgehead atoms. The van der Waals surface area contributed by atoms with Crippen molar-refractivity contribution in [2.75, 3.05) is 5.32 Å². The van der Waals surface area contributed by atoms with E-state index >= 15 is 0 Å². The summed E-state index contributed by atoms with van der Waals surface area (Å²) in [7, 11) is 0. The van der Waals surface area contributed by atoms with Crippen LogP contribution in [0.15, 0.2) is 53.0 Å². The number of hydrogen-bond acceptors (Lipinski definition) is 5. The van der Waals surface area contributed by atoms with E-state index in [0.717, 1.165) is 10.0 Å². The highest BCUT2D eigenvalue weighted by Gasteiger charge is 2.32. The van der Waals surface area contributed by atoms with Gasteiger partial charge >= 0.3 is 6.61 Å². The normalized spacial score (nSPS) is 19.1. The molecule has 0 aliphatic carbocycles. The average molecular weight is 422 g/mol. The van der Waals surface area contributed by atoms with Crippen molar-refractivity contribution >= 4 is 21.9 Å². The van der Waals surface area contributed by atoms with Gasteiger partial charge in [-0.05, 0) is 40.6 Å². The monoisotopic (exact) mass is 421 g/mol. The number of halogens is 3. The molecule has 1 N–H and O–H groups in total. The molecular weight excluding hydrogens is 408 g/mol. The van der Waals surface area contributed by atoms with Gasteiger partial charge in [0.2, 0.25) is 5.95 Å². The lowest BCUT2D eigenvalue weighted by Crippen LogP contribution is -2.28. The molecule has 0 spiro atoms. The molecule has 0 radical (unpaired) electrons. The summed E-state index contributed by atoms with van der Waals surface area (Å²) in [5.41, 5.74) is 1.67. The average Bonchev–Trinajstić information content (AvgIpc) is 3.10. The second-order valence-corrected chi connectivity index (χ2v) is 6.78. The van der Waals surface area contributed by atoms with E-state index in [1.807, 2.05) is 24.3 Å². The molecule has 1 aliphatic heterocycles. The number of anilines is 1. The number of nitrogens with zero attached hydrogens (tertiary/aromatic N) is 4. The molecule has 2 heterocycles. The number of benzene rings is 2. The molecule has 9 heteroatoms. The summed E-state index contributed by atoms with van der Waals surface area (Å²) >= 11 is 3.43. The quantitative estimate of drug-likeness (QED) is 0.684. The lowest BCUT2D eigenvalue weighted by molar-refractivity contribution is -0.0506. The van der Waals surface area contributed by atoms with Crippen LogP contribution in [0.1, 0.15) is 29.6 Å². The first-order valence-corrected chi connectivity index (χ1v) is 8.74. The first-order chi connectivity index (χ1) is 12.6. The molecule has 0 saturated heterocycles. The molecule has 0 unspecified atom stereocenters. The number of tetrazole rings is 1. The SMILES string of the molecule is FC(F)Oc1ccccc1[C@H]1C[C@@H](c2ccc(Br)cc2)n2nnnc2N1. The molecular formula is C17H14BrF2N5O. The minimum absolute atomic E-state index is 0.126. The Bertz CT molecular complexity index is 902. The Morgan fingerprint density at radius 3 is 2.69 bits per heavy atom. The van der Waals surface area contributed by atoms with Gasteiger partial charge in [0, 0.05) is 10.0 Å². The second kappa shape index (κ2) is 6.99. The fourth-order valence-electron chi connectivity index (χ4n) is 3.18. The molecule has 6 nitrogen and oxygen atoms in total. The van der Waals surface area contributed by atoms with E-state index in [4.69, 9.17) is 0 Å². The van der Waals surface area contributed by atoms with Crippen LogP contribution >= 0.6 is 15.9 Å². The molecule has 3 aromatic rings. The standard InChI is InChI=1S/C17H14BrF2N5O/c18-11-7-5-10(6-8-11)14-9-13(21-17-22-23-24-25(14)17)12-3-1-2-4-15(12)26-16(19)20/h1-8,13-14,16H,9H2,(H,21,22,24)/t13-,14+/m1/s1. The summed E-state index contributed by atoms with van der Waals surface area (Å²) in [5, 5.41) is 15.0. The number of ether oxygens (including phenoxy) is 1. The largest absolute Gasteiger partial charge is 0.434 e. The highest BCUT2D eigenvalue weighted by atomic mass is 79.9. The highest BCUT2D eigenvalue weighted by Crippen LogP contribution is 2.40. The van der Waals surface area contributed by atoms with Gasteiger partial charge in [-0.2, -0.15) is 8.78 Å². The van der Waals surface area contributed by atoms with Crippen LogP contribution in [0.2, 0.25) is 0 Å². The van der Waals surface area contributed by atoms with E-state index in [1.165, 1.54) is 6.07 Å². The molecule has 1 aliphatic rings. The number of rotatable bonds is 4. The molecule has 4 rings (SSSR count). The molecule has 0 amide bonds. The van der Waals surface area contributed by atoms with Crippen LogP contribution in [0.25, 0.3) is 0 Å². The van der Waals surface area contributed by atoms with Crippen LogP contribution in [0, 0.1) is 0 Å². The summed E-state index contributed by atoms with van der Waals surface area (Å²) in [6.07, 6.45) is 0.587. The van der Waals surface area contributed by atoms with Gasteiger partial charge in [0.1, 0.15) is 5.75 Å². The van der Waals surface area contributed by atoms with Crippen molar-refractivity contribution in [1.82, 2.24) is 20.2 Å². The molecule has 134 valence electrons. The Balaban J connectivity index is 1.71. The number of alkyl halides is 2. The number of para-hydroxylation sites is 1. The van der Waals surface area contributed by atoms with Gasteiger partial charge < -0.3 is 10.1 Å². The second-order valence-electron chi connectivity index (χ2n) is 5.86. The Labute approximate surface area is 156 Å². The van der Waals surface area contributed by atoms with E-state index in [0.29, 0.717) is 17.9 Å². The third-order valence-corrected chi connectivity index (χ3v) is 4.84. The number of nitrogens with one attached hydrogen (secondary N) is 1. The van der Waals surface area contributed by atoms with Crippen molar-refractivity contribution < 1.29 is 13.5 Å². The first-order valence-electron chi connectivity index (χ1n) is 7.95. The number of hydrogen-bond donors (Lipinski definition) is 1. The van der Waals surface area contributed by atoms with Gasteiger partial charge in [-0.25, -0.2) is 4.68 Å². The van der Waals surface area contributed by atoms with Crippen molar-refractivity contribution in [3.8, 4) is 5.75 Å². The van der Waals surface area contributed by atoms with Crippen LogP contribution < -0.4 is 10.1 Å². The molecule has 0 fully saturated rings. The lowest BCUT2D eigenvalue weighted by Gasteiger charge is -2.31. The Hall–Kier alpha value is -2.55. The summed E-state index contributed by atoms with van der Waals surface area (Å²) in [6.45, 7) is -2.88. The Morgan fingerprint density at radius 1 is 1.15 bits per heavy atom. The predicted molar refractivity (Wildman–Crippen MR) is 94.2 cm³/mol. The van der Waals surface area contributed by atoms with E-state index in [2.05, 4.69) is 41.5 Å². The third-order valence-electron chi connectivity index (χ3n) is 4.32. The summed E-state index contributed by atoms with van der Waals surface area (Å²) in [6, 6.07) is 14.3. The summed E-state index contributed by atoms with van der Waals surface area (Å²) < 4.78 is 32.9. The van der Waals surface area contributed by atoms with Gasteiger partial charge in [0.25, 0.3) is 0 Å². The zero-order valence-electron chi connectivity index (χ0n) is 13.4. The number of fused-ring (bicyclic) bond motifs is 1. The van der Waals surface area contributed by atoms with Crippen molar-refractivity contribution in [2.24, 2.45) is 0 Å². The molecule has 26 heavy (non-hydrogen) atoms. The van der Waals surface area contributed by atoms with Crippen molar-refractivity contribution in [1.29, 1.82) is 0 Å². The molecule has 2 atom stereocenters. The van der Waals surface area contributed by atoms with E-state index < -0.39 is 6.61 Å². The summed E-state index contributed by atoms with van der Waals surface area (Å²) in [5.74, 6) is 0.636. The molecule has 0 saturated carbocycles. The minimum Gasteiger partial charge on any atom is -0.434 e. The Morgan fingerprint density at radius 2 is 1.92 bits per heavy atom. The van der Waals surface area contributed by atoms with Gasteiger partial charge in [0.15, 0.2) is 0 Å². The maximum Gasteiger partial charge on any atom is 0.387 e. The first kappa shape index (κ1) is 16.9. The van der Waals surface area contributed by atoms with Gasteiger partial charge in [0.05, 0.1) is 12.1 Å². The third kappa shape index (κ3) is 3.26. The maximum atomic E-state index is 12.8. The van der Waals surface area contributed by atoms with Crippen LogP contribution in [-0.2, 0) is 0 Å². The van der Waals surface area contributed by atoms with Gasteiger partial charge in [-0.15, -0.1) is 0 Å². The van der Waals surface area contributed by atoms with E-state index in [9.17, 15) is 8.78 Å². The zero-order valence-corrected chi connectivity index (χ0v) is 15.0. The fourth-order valence-corrected chi connectivity index (χ4v) is 3.44. The highest BCUT2D eigenvalue weighted by molar-refractivity contribution is 9.10. The van der Waals surface area contributed by atoms with Crippen LogP contribution in [-0.4, -0.2) is 26.8 Å². The minimum atomic E-state index is -2.88. The Kier molecular flexibility index (Phi) is 4.54. The van der Waals surface area contributed by atoms with E-state index in [1.54, 1.807) is 22.9 Å². The predicted octanol–water partition coefficient (Wildman–Crippen LogP) is 4.18. The van der Waals surface area contributed by atoms with Gasteiger partial charge in [-0.3, -0.25) is 0 Å². The summed E-state index contributed by atoms with van der Waals surface area (Å²) in [4.78, 5) is 0. The molecule has 1 aromatic heterocycles. The lowest BCUT2D eigenvalue weighted by atomic mass is 9.93. The van der Waals surface area contributed by atoms with Crippen LogP contribution in [0.4, 0.5) is 14.7 Å². The van der Waals surface area contributed by atoms with Crippen molar-refractivity contribution in [2.45, 2.75) is 25.1 Å². The topological polar surface area (TPSA) is 64.9 Å². The number of aromatic nitrogens is 4. The maximum absolute atomic E-state index is 12.8. The smallest absolute Gasteiger partial charge is 0.387 e.